The Morgan fingerprint density at radius 1 is 1.11 bits per heavy atom. The molecule has 27 heavy (non-hydrogen) atoms. The number of para-hydroxylation sites is 1. The molecular formula is C21H24N2O4. The monoisotopic (exact) mass is 368 g/mol. The van der Waals surface area contributed by atoms with Gasteiger partial charge in [0, 0.05) is 30.4 Å². The molecule has 0 atom stereocenters. The van der Waals surface area contributed by atoms with E-state index in [1.54, 1.807) is 24.1 Å². The molecule has 3 rings (SSSR count). The molecule has 1 aliphatic rings. The molecule has 6 heteroatoms. The molecule has 2 aromatic carbocycles. The van der Waals surface area contributed by atoms with E-state index in [1.807, 2.05) is 45.0 Å². The van der Waals surface area contributed by atoms with E-state index in [0.29, 0.717) is 35.8 Å². The number of methoxy groups -OCH3 is 1. The Hall–Kier alpha value is -3.02. The zero-order valence-electron chi connectivity index (χ0n) is 16.1. The van der Waals surface area contributed by atoms with Gasteiger partial charge in [0.05, 0.1) is 18.4 Å². The van der Waals surface area contributed by atoms with Gasteiger partial charge in [0.25, 0.3) is 5.91 Å². The molecule has 6 nitrogen and oxygen atoms in total. The molecule has 1 amide bonds. The number of hydrogen-bond acceptors (Lipinski definition) is 5. The van der Waals surface area contributed by atoms with E-state index in [2.05, 4.69) is 0 Å². The summed E-state index contributed by atoms with van der Waals surface area (Å²) in [6.45, 7) is 7.20. The number of benzene rings is 2. The summed E-state index contributed by atoms with van der Waals surface area (Å²) in [6, 6.07) is 11.1. The number of nitrogens with zero attached hydrogens (tertiary/aromatic N) is 2. The Kier molecular flexibility index (Phi) is 5.64. The van der Waals surface area contributed by atoms with Crippen molar-refractivity contribution in [2.45, 2.75) is 20.8 Å². The predicted octanol–water partition coefficient (Wildman–Crippen LogP) is 4.05. The van der Waals surface area contributed by atoms with Crippen molar-refractivity contribution in [2.24, 2.45) is 4.99 Å². The van der Waals surface area contributed by atoms with Crippen LogP contribution in [0.2, 0.25) is 0 Å². The maximum Gasteiger partial charge on any atom is 0.256 e. The van der Waals surface area contributed by atoms with E-state index in [9.17, 15) is 4.79 Å². The van der Waals surface area contributed by atoms with Crippen LogP contribution in [0.25, 0.3) is 0 Å². The van der Waals surface area contributed by atoms with Crippen LogP contribution in [0.15, 0.2) is 41.4 Å². The van der Waals surface area contributed by atoms with Crippen LogP contribution in [0, 0.1) is 0 Å². The van der Waals surface area contributed by atoms with Crippen molar-refractivity contribution in [1.82, 2.24) is 4.90 Å². The molecule has 1 aliphatic heterocycles. The third-order valence-electron chi connectivity index (χ3n) is 4.56. The highest BCUT2D eigenvalue weighted by Crippen LogP contribution is 2.39. The number of hydrogen-bond donors (Lipinski definition) is 0. The van der Waals surface area contributed by atoms with Crippen molar-refractivity contribution >= 4 is 17.3 Å². The van der Waals surface area contributed by atoms with E-state index in [1.165, 1.54) is 0 Å². The Morgan fingerprint density at radius 3 is 2.44 bits per heavy atom. The fourth-order valence-corrected chi connectivity index (χ4v) is 3.06. The van der Waals surface area contributed by atoms with Crippen molar-refractivity contribution in [3.05, 3.63) is 47.5 Å². The zero-order chi connectivity index (χ0) is 19.4. The number of carbonyl (C=O) groups is 1. The van der Waals surface area contributed by atoms with Gasteiger partial charge in [-0.25, -0.2) is 0 Å². The third kappa shape index (κ3) is 3.74. The smallest absolute Gasteiger partial charge is 0.256 e. The molecule has 0 saturated carbocycles. The van der Waals surface area contributed by atoms with Crippen LogP contribution in [0.4, 0.5) is 5.69 Å². The predicted molar refractivity (Wildman–Crippen MR) is 105 cm³/mol. The number of fused-ring (bicyclic) bond motifs is 1. The van der Waals surface area contributed by atoms with Gasteiger partial charge < -0.3 is 19.1 Å². The lowest BCUT2D eigenvalue weighted by molar-refractivity contribution is 0.0773. The minimum absolute atomic E-state index is 0.0788. The Morgan fingerprint density at radius 2 is 1.78 bits per heavy atom. The summed E-state index contributed by atoms with van der Waals surface area (Å²) in [5, 5.41) is 0. The third-order valence-corrected chi connectivity index (χ3v) is 4.56. The van der Waals surface area contributed by atoms with Gasteiger partial charge in [0.15, 0.2) is 11.5 Å². The van der Waals surface area contributed by atoms with Crippen LogP contribution >= 0.6 is 0 Å². The summed E-state index contributed by atoms with van der Waals surface area (Å²) in [5.74, 6) is 1.82. The van der Waals surface area contributed by atoms with E-state index < -0.39 is 0 Å². The Bertz CT molecular complexity index is 872. The lowest BCUT2D eigenvalue weighted by atomic mass is 10.1. The summed E-state index contributed by atoms with van der Waals surface area (Å²) in [7, 11) is 1.63. The van der Waals surface area contributed by atoms with Crippen LogP contribution in [-0.4, -0.2) is 43.5 Å². The number of aliphatic imine (C=N–C) groups is 1. The van der Waals surface area contributed by atoms with Crippen LogP contribution in [0.1, 0.15) is 36.7 Å². The van der Waals surface area contributed by atoms with Gasteiger partial charge in [-0.05, 0) is 39.0 Å². The first-order valence-electron chi connectivity index (χ1n) is 9.00. The fourth-order valence-electron chi connectivity index (χ4n) is 3.06. The molecule has 2 aromatic rings. The average Bonchev–Trinajstić information content (AvgIpc) is 3.15. The van der Waals surface area contributed by atoms with Gasteiger partial charge in [-0.1, -0.05) is 12.1 Å². The summed E-state index contributed by atoms with van der Waals surface area (Å²) in [6.07, 6.45) is 0. The minimum Gasteiger partial charge on any atom is -0.496 e. The number of ether oxygens (including phenoxy) is 3. The van der Waals surface area contributed by atoms with Gasteiger partial charge in [-0.15, -0.1) is 0 Å². The van der Waals surface area contributed by atoms with Crippen LogP contribution in [-0.2, 0) is 0 Å². The second-order valence-corrected chi connectivity index (χ2v) is 6.10. The van der Waals surface area contributed by atoms with Crippen molar-refractivity contribution in [1.29, 1.82) is 0 Å². The highest BCUT2D eigenvalue weighted by Gasteiger charge is 2.23. The molecule has 0 fully saturated rings. The second kappa shape index (κ2) is 8.12. The van der Waals surface area contributed by atoms with Crippen molar-refractivity contribution in [3.8, 4) is 17.2 Å². The SMILES string of the molecule is CCN(CC)C(=O)c1cc2c(cc1N=C(C)c1ccccc1OC)OCO2. The highest BCUT2D eigenvalue weighted by atomic mass is 16.7. The average molecular weight is 368 g/mol. The Balaban J connectivity index is 2.10. The van der Waals surface area contributed by atoms with Crippen LogP contribution in [0.3, 0.4) is 0 Å². The summed E-state index contributed by atoms with van der Waals surface area (Å²) >= 11 is 0. The van der Waals surface area contributed by atoms with Gasteiger partial charge >= 0.3 is 0 Å². The molecule has 0 radical (unpaired) electrons. The summed E-state index contributed by atoms with van der Waals surface area (Å²) in [5.41, 5.74) is 2.68. The molecular weight excluding hydrogens is 344 g/mol. The fraction of sp³-hybridized carbons (Fsp3) is 0.333. The largest absolute Gasteiger partial charge is 0.496 e. The van der Waals surface area contributed by atoms with Crippen molar-refractivity contribution in [2.75, 3.05) is 27.0 Å². The number of rotatable bonds is 6. The maximum atomic E-state index is 13.0. The molecule has 0 spiro atoms. The maximum absolute atomic E-state index is 13.0. The van der Waals surface area contributed by atoms with Crippen molar-refractivity contribution in [3.63, 3.8) is 0 Å². The first-order valence-corrected chi connectivity index (χ1v) is 9.00. The summed E-state index contributed by atoms with van der Waals surface area (Å²) < 4.78 is 16.4. The Labute approximate surface area is 159 Å². The molecule has 0 aliphatic carbocycles. The van der Waals surface area contributed by atoms with Gasteiger partial charge in [-0.2, -0.15) is 0 Å². The highest BCUT2D eigenvalue weighted by molar-refractivity contribution is 6.05. The van der Waals surface area contributed by atoms with Crippen LogP contribution in [0.5, 0.6) is 17.2 Å². The van der Waals surface area contributed by atoms with Gasteiger partial charge in [0.1, 0.15) is 5.75 Å². The van der Waals surface area contributed by atoms with Crippen molar-refractivity contribution < 1.29 is 19.0 Å². The zero-order valence-corrected chi connectivity index (χ0v) is 16.1. The molecule has 0 N–H and O–H groups in total. The lowest BCUT2D eigenvalue weighted by Crippen LogP contribution is -2.30. The molecule has 1 heterocycles. The number of carbonyl (C=O) groups excluding carboxylic acids is 1. The molecule has 0 saturated heterocycles. The summed E-state index contributed by atoms with van der Waals surface area (Å²) in [4.78, 5) is 19.5. The lowest BCUT2D eigenvalue weighted by Gasteiger charge is -2.20. The van der Waals surface area contributed by atoms with E-state index in [-0.39, 0.29) is 12.7 Å². The normalized spacial score (nSPS) is 12.8. The number of amides is 1. The molecule has 0 bridgehead atoms. The van der Waals surface area contributed by atoms with E-state index >= 15 is 0 Å². The second-order valence-electron chi connectivity index (χ2n) is 6.10. The first kappa shape index (κ1) is 18.8. The minimum atomic E-state index is -0.0788. The quantitative estimate of drug-likeness (QED) is 0.722. The first-order chi connectivity index (χ1) is 13.1. The molecule has 0 unspecified atom stereocenters. The topological polar surface area (TPSA) is 60.4 Å². The van der Waals surface area contributed by atoms with Crippen LogP contribution < -0.4 is 14.2 Å². The van der Waals surface area contributed by atoms with Gasteiger partial charge in [0.2, 0.25) is 6.79 Å². The van der Waals surface area contributed by atoms with Gasteiger partial charge in [-0.3, -0.25) is 9.79 Å². The van der Waals surface area contributed by atoms with E-state index in [4.69, 9.17) is 19.2 Å². The molecule has 0 aromatic heterocycles. The molecule has 142 valence electrons. The standard InChI is InChI=1S/C21H24N2O4/c1-5-23(6-2)21(24)16-11-19-20(27-13-26-19)12-17(16)22-14(3)15-9-7-8-10-18(15)25-4/h7-12H,5-6,13H2,1-4H3. The van der Waals surface area contributed by atoms with E-state index in [0.717, 1.165) is 17.0 Å².